The largest absolute Gasteiger partial charge is 0.303 e. The molecule has 19 heavy (non-hydrogen) atoms. The van der Waals surface area contributed by atoms with Gasteiger partial charge in [-0.1, -0.05) is 72.8 Å². The van der Waals surface area contributed by atoms with Crippen LogP contribution in [-0.2, 0) is 4.79 Å². The summed E-state index contributed by atoms with van der Waals surface area (Å²) in [5.74, 6) is -0.151. The summed E-state index contributed by atoms with van der Waals surface area (Å²) in [6, 6.07) is 20.0. The van der Waals surface area contributed by atoms with Crippen LogP contribution in [-0.4, -0.2) is 6.29 Å². The smallest absolute Gasteiger partial charge is 0.128 e. The standard InChI is InChI=1S/C18H18O/c1-14(2)18(16-11-7-4-8-12-16)17(13-19)15-9-5-3-6-10-15/h3-13,17-18H,1H2,2H3/t17-,18-/m1/s1. The summed E-state index contributed by atoms with van der Waals surface area (Å²) in [5, 5.41) is 0. The second kappa shape index (κ2) is 6.14. The molecule has 0 spiro atoms. The molecule has 1 heteroatoms. The molecule has 0 unspecified atom stereocenters. The summed E-state index contributed by atoms with van der Waals surface area (Å²) in [6.45, 7) is 6.05. The third-order valence-electron chi connectivity index (χ3n) is 3.38. The van der Waals surface area contributed by atoms with Crippen LogP contribution in [0.15, 0.2) is 72.8 Å². The highest BCUT2D eigenvalue weighted by molar-refractivity contribution is 5.66. The molecule has 0 saturated carbocycles. The van der Waals surface area contributed by atoms with Crippen LogP contribution in [0.25, 0.3) is 0 Å². The summed E-state index contributed by atoms with van der Waals surface area (Å²) < 4.78 is 0. The van der Waals surface area contributed by atoms with Gasteiger partial charge < -0.3 is 4.79 Å². The number of rotatable bonds is 5. The van der Waals surface area contributed by atoms with E-state index in [1.165, 1.54) is 0 Å². The average Bonchev–Trinajstić information content (AvgIpc) is 2.46. The molecule has 0 radical (unpaired) electrons. The van der Waals surface area contributed by atoms with Gasteiger partial charge in [0, 0.05) is 5.92 Å². The molecule has 2 rings (SSSR count). The molecular formula is C18H18O. The van der Waals surface area contributed by atoms with Crippen molar-refractivity contribution in [2.45, 2.75) is 18.8 Å². The first kappa shape index (κ1) is 13.3. The second-order valence-electron chi connectivity index (χ2n) is 4.81. The fourth-order valence-electron chi connectivity index (χ4n) is 2.48. The van der Waals surface area contributed by atoms with Crippen molar-refractivity contribution in [2.75, 3.05) is 0 Å². The van der Waals surface area contributed by atoms with E-state index in [2.05, 4.69) is 18.7 Å². The topological polar surface area (TPSA) is 17.1 Å². The highest BCUT2D eigenvalue weighted by Crippen LogP contribution is 2.36. The van der Waals surface area contributed by atoms with Gasteiger partial charge in [0.15, 0.2) is 0 Å². The van der Waals surface area contributed by atoms with Crippen molar-refractivity contribution in [3.05, 3.63) is 83.9 Å². The van der Waals surface area contributed by atoms with E-state index >= 15 is 0 Å². The lowest BCUT2D eigenvalue weighted by molar-refractivity contribution is -0.109. The van der Waals surface area contributed by atoms with Crippen molar-refractivity contribution < 1.29 is 4.79 Å². The second-order valence-corrected chi connectivity index (χ2v) is 4.81. The summed E-state index contributed by atoms with van der Waals surface area (Å²) in [4.78, 5) is 11.6. The van der Waals surface area contributed by atoms with Crippen LogP contribution >= 0.6 is 0 Å². The van der Waals surface area contributed by atoms with Gasteiger partial charge in [0.05, 0.1) is 5.92 Å². The van der Waals surface area contributed by atoms with Gasteiger partial charge in [-0.25, -0.2) is 0 Å². The van der Waals surface area contributed by atoms with Crippen molar-refractivity contribution >= 4 is 6.29 Å². The van der Waals surface area contributed by atoms with Crippen molar-refractivity contribution in [3.8, 4) is 0 Å². The van der Waals surface area contributed by atoms with Crippen LogP contribution in [0.5, 0.6) is 0 Å². The van der Waals surface area contributed by atoms with E-state index in [0.717, 1.165) is 23.0 Å². The zero-order valence-electron chi connectivity index (χ0n) is 11.1. The van der Waals surface area contributed by atoms with Crippen LogP contribution in [0.3, 0.4) is 0 Å². The SMILES string of the molecule is C=C(C)[C@H](c1ccccc1)[C@H](C=O)c1ccccc1. The van der Waals surface area contributed by atoms with Crippen molar-refractivity contribution in [3.63, 3.8) is 0 Å². The number of allylic oxidation sites excluding steroid dienone is 1. The molecule has 2 aromatic rings. The minimum atomic E-state index is -0.180. The lowest BCUT2D eigenvalue weighted by Crippen LogP contribution is -2.13. The van der Waals surface area contributed by atoms with Crippen LogP contribution < -0.4 is 0 Å². The summed E-state index contributed by atoms with van der Waals surface area (Å²) in [7, 11) is 0. The molecule has 0 aliphatic rings. The summed E-state index contributed by atoms with van der Waals surface area (Å²) in [6.07, 6.45) is 1.03. The van der Waals surface area contributed by atoms with Gasteiger partial charge in [0.1, 0.15) is 6.29 Å². The molecule has 0 fully saturated rings. The van der Waals surface area contributed by atoms with Gasteiger partial charge in [-0.05, 0) is 18.1 Å². The first-order chi connectivity index (χ1) is 9.24. The Hall–Kier alpha value is -2.15. The third-order valence-corrected chi connectivity index (χ3v) is 3.38. The molecular weight excluding hydrogens is 232 g/mol. The highest BCUT2D eigenvalue weighted by Gasteiger charge is 2.24. The Balaban J connectivity index is 2.43. The van der Waals surface area contributed by atoms with Crippen molar-refractivity contribution in [1.29, 1.82) is 0 Å². The number of carbonyl (C=O) groups is 1. The number of carbonyl (C=O) groups excluding carboxylic acids is 1. The van der Waals surface area contributed by atoms with Gasteiger partial charge in [-0.15, -0.1) is 0 Å². The molecule has 1 nitrogen and oxygen atoms in total. The molecule has 0 saturated heterocycles. The zero-order chi connectivity index (χ0) is 13.7. The predicted molar refractivity (Wildman–Crippen MR) is 79.2 cm³/mol. The molecule has 0 N–H and O–H groups in total. The number of aldehydes is 1. The predicted octanol–water partition coefficient (Wildman–Crippen LogP) is 4.33. The molecule has 0 amide bonds. The first-order valence-electron chi connectivity index (χ1n) is 6.44. The number of benzene rings is 2. The first-order valence-corrected chi connectivity index (χ1v) is 6.44. The van der Waals surface area contributed by atoms with Crippen molar-refractivity contribution in [1.82, 2.24) is 0 Å². The van der Waals surface area contributed by atoms with Gasteiger partial charge in [-0.2, -0.15) is 0 Å². The summed E-state index contributed by atoms with van der Waals surface area (Å²) in [5.41, 5.74) is 3.18. The van der Waals surface area contributed by atoms with E-state index in [1.54, 1.807) is 0 Å². The number of hydrogen-bond acceptors (Lipinski definition) is 1. The van der Waals surface area contributed by atoms with E-state index in [-0.39, 0.29) is 11.8 Å². The van der Waals surface area contributed by atoms with Gasteiger partial charge in [-0.3, -0.25) is 0 Å². The minimum absolute atomic E-state index is 0.0288. The lowest BCUT2D eigenvalue weighted by atomic mass is 9.78. The van der Waals surface area contributed by atoms with E-state index in [9.17, 15) is 4.79 Å². The van der Waals surface area contributed by atoms with Crippen LogP contribution in [0, 0.1) is 0 Å². The molecule has 2 aromatic carbocycles. The maximum Gasteiger partial charge on any atom is 0.128 e. The average molecular weight is 250 g/mol. The molecule has 0 aliphatic heterocycles. The Morgan fingerprint density at radius 2 is 1.42 bits per heavy atom. The van der Waals surface area contributed by atoms with E-state index in [4.69, 9.17) is 0 Å². The van der Waals surface area contributed by atoms with Crippen molar-refractivity contribution in [2.24, 2.45) is 0 Å². The monoisotopic (exact) mass is 250 g/mol. The summed E-state index contributed by atoms with van der Waals surface area (Å²) >= 11 is 0. The van der Waals surface area contributed by atoms with E-state index in [1.807, 2.05) is 55.5 Å². The normalized spacial score (nSPS) is 13.5. The third kappa shape index (κ3) is 3.00. The molecule has 0 heterocycles. The molecule has 2 atom stereocenters. The van der Waals surface area contributed by atoms with Gasteiger partial charge in [0.2, 0.25) is 0 Å². The molecule has 0 bridgehead atoms. The van der Waals surface area contributed by atoms with Crippen LogP contribution in [0.1, 0.15) is 29.9 Å². The molecule has 96 valence electrons. The highest BCUT2D eigenvalue weighted by atomic mass is 16.1. The Morgan fingerprint density at radius 3 is 1.84 bits per heavy atom. The Morgan fingerprint density at radius 1 is 0.947 bits per heavy atom. The maximum atomic E-state index is 11.6. The van der Waals surface area contributed by atoms with E-state index in [0.29, 0.717) is 0 Å². The Bertz CT molecular complexity index is 542. The molecule has 0 aromatic heterocycles. The number of hydrogen-bond donors (Lipinski definition) is 0. The van der Waals surface area contributed by atoms with Crippen LogP contribution in [0.2, 0.25) is 0 Å². The molecule has 0 aliphatic carbocycles. The minimum Gasteiger partial charge on any atom is -0.303 e. The fraction of sp³-hybridized carbons (Fsp3) is 0.167. The maximum absolute atomic E-state index is 11.6. The van der Waals surface area contributed by atoms with Gasteiger partial charge >= 0.3 is 0 Å². The lowest BCUT2D eigenvalue weighted by Gasteiger charge is -2.24. The zero-order valence-corrected chi connectivity index (χ0v) is 11.1. The Kier molecular flexibility index (Phi) is 4.30. The van der Waals surface area contributed by atoms with E-state index < -0.39 is 0 Å². The Labute approximate surface area is 114 Å². The fourth-order valence-corrected chi connectivity index (χ4v) is 2.48. The van der Waals surface area contributed by atoms with Gasteiger partial charge in [0.25, 0.3) is 0 Å². The quantitative estimate of drug-likeness (QED) is 0.570. The van der Waals surface area contributed by atoms with Crippen LogP contribution in [0.4, 0.5) is 0 Å².